The van der Waals surface area contributed by atoms with E-state index in [1.165, 1.54) is 11.1 Å². The summed E-state index contributed by atoms with van der Waals surface area (Å²) < 4.78 is 6.02. The van der Waals surface area contributed by atoms with Crippen LogP contribution in [0.25, 0.3) is 11.1 Å². The van der Waals surface area contributed by atoms with E-state index in [-0.39, 0.29) is 10.8 Å². The van der Waals surface area contributed by atoms with Gasteiger partial charge in [-0.2, -0.15) is 0 Å². The molecule has 0 bridgehead atoms. The van der Waals surface area contributed by atoms with Crippen LogP contribution in [0.1, 0.15) is 71.9 Å². The van der Waals surface area contributed by atoms with Crippen molar-refractivity contribution in [1.29, 1.82) is 0 Å². The lowest BCUT2D eigenvalue weighted by molar-refractivity contribution is 0.507. The first-order chi connectivity index (χ1) is 9.13. The van der Waals surface area contributed by atoms with E-state index >= 15 is 0 Å². The molecule has 0 fully saturated rings. The van der Waals surface area contributed by atoms with Gasteiger partial charge in [-0.1, -0.05) is 54.5 Å². The molecule has 0 saturated heterocycles. The lowest BCUT2D eigenvalue weighted by atomic mass is 9.80. The summed E-state index contributed by atoms with van der Waals surface area (Å²) in [7, 11) is 0. The zero-order chi connectivity index (χ0) is 15.1. The molecule has 20 heavy (non-hydrogen) atoms. The van der Waals surface area contributed by atoms with Crippen LogP contribution in [0.15, 0.2) is 16.5 Å². The van der Waals surface area contributed by atoms with Gasteiger partial charge in [-0.25, -0.2) is 4.98 Å². The highest BCUT2D eigenvalue weighted by Crippen LogP contribution is 2.35. The molecule has 2 nitrogen and oxygen atoms in total. The Hall–Kier alpha value is -1.31. The van der Waals surface area contributed by atoms with Crippen molar-refractivity contribution in [3.05, 3.63) is 29.2 Å². The van der Waals surface area contributed by atoms with Crippen LogP contribution in [0, 0.1) is 0 Å². The molecule has 1 aromatic heterocycles. The molecular weight excluding hydrogens is 246 g/mol. The maximum Gasteiger partial charge on any atom is 0.195 e. The van der Waals surface area contributed by atoms with Gasteiger partial charge in [-0.3, -0.25) is 0 Å². The molecule has 1 heterocycles. The van der Waals surface area contributed by atoms with Crippen molar-refractivity contribution in [3.63, 3.8) is 0 Å². The molecule has 110 valence electrons. The first-order valence-electron chi connectivity index (χ1n) is 7.57. The molecule has 0 radical (unpaired) electrons. The number of hydrogen-bond donors (Lipinski definition) is 0. The highest BCUT2D eigenvalue weighted by Gasteiger charge is 2.25. The number of oxazole rings is 1. The maximum absolute atomic E-state index is 6.02. The predicted octanol–water partition coefficient (Wildman–Crippen LogP) is 5.38. The highest BCUT2D eigenvalue weighted by atomic mass is 16.3. The zero-order valence-electron chi connectivity index (χ0n) is 13.9. The smallest absolute Gasteiger partial charge is 0.195 e. The van der Waals surface area contributed by atoms with Crippen LogP contribution in [-0.4, -0.2) is 4.98 Å². The van der Waals surface area contributed by atoms with E-state index in [1.54, 1.807) is 0 Å². The summed E-state index contributed by atoms with van der Waals surface area (Å²) in [5, 5.41) is 0. The second-order valence-electron chi connectivity index (χ2n) is 7.73. The number of benzene rings is 1. The molecule has 1 aromatic carbocycles. The number of fused-ring (bicyclic) bond motifs is 1. The third-order valence-electron chi connectivity index (χ3n) is 3.67. The fraction of sp³-hybridized carbons (Fsp3) is 0.611. The molecule has 0 unspecified atom stereocenters. The SMILES string of the molecule is CCCc1nc2cc(C(C)(C)C)cc(C(C)(C)C)c2o1. The molecule has 0 aliphatic carbocycles. The quantitative estimate of drug-likeness (QED) is 0.734. The van der Waals surface area contributed by atoms with E-state index in [1.807, 2.05) is 0 Å². The van der Waals surface area contributed by atoms with Gasteiger partial charge >= 0.3 is 0 Å². The molecule has 0 aliphatic rings. The van der Waals surface area contributed by atoms with Crippen LogP contribution in [0.2, 0.25) is 0 Å². The number of aryl methyl sites for hydroxylation is 1. The van der Waals surface area contributed by atoms with E-state index in [4.69, 9.17) is 4.42 Å². The third kappa shape index (κ3) is 2.89. The molecule has 0 atom stereocenters. The zero-order valence-corrected chi connectivity index (χ0v) is 13.9. The average Bonchev–Trinajstić information content (AvgIpc) is 2.67. The highest BCUT2D eigenvalue weighted by molar-refractivity contribution is 5.79. The molecule has 0 N–H and O–H groups in total. The number of rotatable bonds is 2. The minimum absolute atomic E-state index is 0.0581. The minimum Gasteiger partial charge on any atom is -0.440 e. The van der Waals surface area contributed by atoms with E-state index < -0.39 is 0 Å². The van der Waals surface area contributed by atoms with E-state index in [0.717, 1.165) is 29.8 Å². The van der Waals surface area contributed by atoms with E-state index in [2.05, 4.69) is 65.6 Å². The van der Waals surface area contributed by atoms with Crippen molar-refractivity contribution in [2.24, 2.45) is 0 Å². The monoisotopic (exact) mass is 273 g/mol. The van der Waals surface area contributed by atoms with Gasteiger partial charge in [0.15, 0.2) is 11.5 Å². The summed E-state index contributed by atoms with van der Waals surface area (Å²) in [4.78, 5) is 4.68. The van der Waals surface area contributed by atoms with Crippen molar-refractivity contribution >= 4 is 11.1 Å². The molecule has 0 aliphatic heterocycles. The summed E-state index contributed by atoms with van der Waals surface area (Å²) in [6, 6.07) is 4.48. The van der Waals surface area contributed by atoms with Gasteiger partial charge in [0.2, 0.25) is 0 Å². The predicted molar refractivity (Wildman–Crippen MR) is 85.4 cm³/mol. The summed E-state index contributed by atoms with van der Waals surface area (Å²) in [5.41, 5.74) is 4.74. The summed E-state index contributed by atoms with van der Waals surface area (Å²) in [5.74, 6) is 0.860. The van der Waals surface area contributed by atoms with Crippen molar-refractivity contribution < 1.29 is 4.42 Å². The Bertz CT molecular complexity index is 609. The number of nitrogens with zero attached hydrogens (tertiary/aromatic N) is 1. The van der Waals surface area contributed by atoms with E-state index in [0.29, 0.717) is 0 Å². The van der Waals surface area contributed by atoms with Crippen LogP contribution in [0.4, 0.5) is 0 Å². The van der Waals surface area contributed by atoms with Gasteiger partial charge in [-0.05, 0) is 28.9 Å². The Morgan fingerprint density at radius 2 is 1.65 bits per heavy atom. The largest absolute Gasteiger partial charge is 0.440 e. The van der Waals surface area contributed by atoms with Gasteiger partial charge in [0.25, 0.3) is 0 Å². The lowest BCUT2D eigenvalue weighted by Gasteiger charge is -2.24. The Morgan fingerprint density at radius 3 is 2.15 bits per heavy atom. The Labute approximate surface area is 122 Å². The summed E-state index contributed by atoms with van der Waals surface area (Å²) in [6.45, 7) is 15.6. The van der Waals surface area contributed by atoms with Crippen LogP contribution in [0.3, 0.4) is 0 Å². The van der Waals surface area contributed by atoms with Gasteiger partial charge in [-0.15, -0.1) is 0 Å². The maximum atomic E-state index is 6.02. The van der Waals surface area contributed by atoms with Gasteiger partial charge in [0.05, 0.1) is 0 Å². The standard InChI is InChI=1S/C18H27NO/c1-8-9-15-19-14-11-12(17(2,3)4)10-13(16(14)20-15)18(5,6)7/h10-11H,8-9H2,1-7H3. The molecule has 0 amide bonds. The Morgan fingerprint density at radius 1 is 1.00 bits per heavy atom. The van der Waals surface area contributed by atoms with Crippen LogP contribution in [-0.2, 0) is 17.3 Å². The Kier molecular flexibility index (Phi) is 3.70. The first-order valence-corrected chi connectivity index (χ1v) is 7.57. The van der Waals surface area contributed by atoms with Crippen molar-refractivity contribution in [1.82, 2.24) is 4.98 Å². The minimum atomic E-state index is 0.0581. The first kappa shape index (κ1) is 15.1. The molecule has 2 heteroatoms. The third-order valence-corrected chi connectivity index (χ3v) is 3.67. The molecule has 0 saturated carbocycles. The summed E-state index contributed by atoms with van der Waals surface area (Å²) >= 11 is 0. The molecule has 0 spiro atoms. The fourth-order valence-corrected chi connectivity index (χ4v) is 2.39. The number of hydrogen-bond acceptors (Lipinski definition) is 2. The van der Waals surface area contributed by atoms with Crippen LogP contribution < -0.4 is 0 Å². The fourth-order valence-electron chi connectivity index (χ4n) is 2.39. The van der Waals surface area contributed by atoms with Crippen molar-refractivity contribution in [3.8, 4) is 0 Å². The topological polar surface area (TPSA) is 26.0 Å². The van der Waals surface area contributed by atoms with Gasteiger partial charge in [0, 0.05) is 12.0 Å². The van der Waals surface area contributed by atoms with Crippen molar-refractivity contribution in [2.75, 3.05) is 0 Å². The average molecular weight is 273 g/mol. The van der Waals surface area contributed by atoms with E-state index in [9.17, 15) is 0 Å². The molecular formula is C18H27NO. The van der Waals surface area contributed by atoms with Crippen molar-refractivity contribution in [2.45, 2.75) is 72.1 Å². The van der Waals surface area contributed by atoms with Gasteiger partial charge < -0.3 is 4.42 Å². The summed E-state index contributed by atoms with van der Waals surface area (Å²) in [6.07, 6.45) is 1.97. The molecule has 2 aromatic rings. The van der Waals surface area contributed by atoms with Gasteiger partial charge in [0.1, 0.15) is 5.52 Å². The van der Waals surface area contributed by atoms with Crippen LogP contribution in [0.5, 0.6) is 0 Å². The molecule has 2 rings (SSSR count). The normalized spacial score (nSPS) is 13.2. The second-order valence-corrected chi connectivity index (χ2v) is 7.73. The van der Waals surface area contributed by atoms with Crippen LogP contribution >= 0.6 is 0 Å². The second kappa shape index (κ2) is 4.91. The lowest BCUT2D eigenvalue weighted by Crippen LogP contribution is -2.16. The Balaban J connectivity index is 2.72. The number of aromatic nitrogens is 1.